The zero-order valence-corrected chi connectivity index (χ0v) is 10.6. The molecule has 1 atom stereocenters. The first kappa shape index (κ1) is 14.5. The molecule has 0 fully saturated rings. The number of carbonyl (C=O) groups is 1. The Balaban J connectivity index is 2.54. The van der Waals surface area contributed by atoms with Crippen molar-refractivity contribution in [1.29, 1.82) is 0 Å². The number of hydrogen-bond donors (Lipinski definition) is 1. The molecular formula is C11H14O6S. The number of para-hydroxylation sites is 1. The molecule has 0 saturated carbocycles. The third-order valence-electron chi connectivity index (χ3n) is 1.97. The maximum absolute atomic E-state index is 10.9. The number of rotatable bonds is 7. The van der Waals surface area contributed by atoms with Crippen LogP contribution >= 0.6 is 0 Å². The molecule has 0 spiro atoms. The highest BCUT2D eigenvalue weighted by Gasteiger charge is 2.20. The molecule has 7 heteroatoms. The van der Waals surface area contributed by atoms with Crippen LogP contribution in [0.5, 0.6) is 5.75 Å². The molecule has 0 aliphatic rings. The van der Waals surface area contributed by atoms with Gasteiger partial charge in [0.2, 0.25) is 0 Å². The Labute approximate surface area is 105 Å². The van der Waals surface area contributed by atoms with Crippen LogP contribution in [0.3, 0.4) is 0 Å². The van der Waals surface area contributed by atoms with Crippen LogP contribution in [0.1, 0.15) is 6.42 Å². The van der Waals surface area contributed by atoms with Gasteiger partial charge in [0.15, 0.2) is 6.10 Å². The largest absolute Gasteiger partial charge is 0.479 e. The number of carboxylic acids is 1. The molecule has 1 unspecified atom stereocenters. The highest BCUT2D eigenvalue weighted by molar-refractivity contribution is 7.85. The minimum absolute atomic E-state index is 0.0582. The lowest BCUT2D eigenvalue weighted by molar-refractivity contribution is -0.145. The normalized spacial score (nSPS) is 12.9. The van der Waals surface area contributed by atoms with E-state index < -0.39 is 22.2 Å². The molecular weight excluding hydrogens is 260 g/mol. The highest BCUT2D eigenvalue weighted by atomic mass is 32.2. The second-order valence-corrected chi connectivity index (χ2v) is 5.22. The van der Waals surface area contributed by atoms with Crippen LogP contribution in [-0.4, -0.2) is 38.5 Å². The lowest BCUT2D eigenvalue weighted by atomic mass is 10.2. The average Bonchev–Trinajstić information content (AvgIpc) is 2.27. The fourth-order valence-corrected chi connectivity index (χ4v) is 1.60. The van der Waals surface area contributed by atoms with E-state index in [1.54, 1.807) is 30.3 Å². The molecule has 1 N–H and O–H groups in total. The van der Waals surface area contributed by atoms with Gasteiger partial charge in [-0.3, -0.25) is 4.18 Å². The molecule has 1 aromatic carbocycles. The number of benzene rings is 1. The zero-order valence-electron chi connectivity index (χ0n) is 9.78. The topological polar surface area (TPSA) is 89.9 Å². The van der Waals surface area contributed by atoms with Gasteiger partial charge in [0.05, 0.1) is 12.9 Å². The van der Waals surface area contributed by atoms with Crippen LogP contribution < -0.4 is 4.74 Å². The lowest BCUT2D eigenvalue weighted by Crippen LogP contribution is -2.28. The van der Waals surface area contributed by atoms with Gasteiger partial charge in [-0.15, -0.1) is 0 Å². The van der Waals surface area contributed by atoms with E-state index >= 15 is 0 Å². The van der Waals surface area contributed by atoms with Gasteiger partial charge in [-0.1, -0.05) is 18.2 Å². The predicted octanol–water partition coefficient (Wildman–Crippen LogP) is 0.885. The molecule has 0 heterocycles. The fraction of sp³-hybridized carbons (Fsp3) is 0.364. The van der Waals surface area contributed by atoms with E-state index in [0.29, 0.717) is 5.75 Å². The van der Waals surface area contributed by atoms with Crippen LogP contribution in [-0.2, 0) is 19.1 Å². The Bertz CT molecular complexity index is 482. The molecule has 1 rings (SSSR count). The first-order valence-electron chi connectivity index (χ1n) is 5.17. The third-order valence-corrected chi connectivity index (χ3v) is 2.57. The van der Waals surface area contributed by atoms with Crippen molar-refractivity contribution in [2.75, 3.05) is 12.9 Å². The maximum atomic E-state index is 10.9. The minimum atomic E-state index is -3.57. The molecule has 6 nitrogen and oxygen atoms in total. The van der Waals surface area contributed by atoms with Gasteiger partial charge >= 0.3 is 5.97 Å². The Morgan fingerprint density at radius 2 is 1.94 bits per heavy atom. The Kier molecular flexibility index (Phi) is 5.11. The van der Waals surface area contributed by atoms with Gasteiger partial charge < -0.3 is 9.84 Å². The summed E-state index contributed by atoms with van der Waals surface area (Å²) in [5.74, 6) is -0.764. The van der Waals surface area contributed by atoms with Gasteiger partial charge in [0.1, 0.15) is 5.75 Å². The van der Waals surface area contributed by atoms with Crippen LogP contribution in [0.25, 0.3) is 0 Å². The van der Waals surface area contributed by atoms with Gasteiger partial charge in [0, 0.05) is 6.42 Å². The fourth-order valence-electron chi connectivity index (χ4n) is 1.20. The van der Waals surface area contributed by atoms with E-state index in [0.717, 1.165) is 6.26 Å². The van der Waals surface area contributed by atoms with E-state index in [9.17, 15) is 13.2 Å². The first-order chi connectivity index (χ1) is 8.38. The van der Waals surface area contributed by atoms with Crippen molar-refractivity contribution < 1.29 is 27.2 Å². The Morgan fingerprint density at radius 3 is 2.44 bits per heavy atom. The van der Waals surface area contributed by atoms with E-state index in [-0.39, 0.29) is 13.0 Å². The molecule has 100 valence electrons. The zero-order chi connectivity index (χ0) is 13.6. The van der Waals surface area contributed by atoms with Crippen molar-refractivity contribution in [2.24, 2.45) is 0 Å². The molecule has 0 amide bonds. The Hall–Kier alpha value is -1.60. The summed E-state index contributed by atoms with van der Waals surface area (Å²) < 4.78 is 31.2. The summed E-state index contributed by atoms with van der Waals surface area (Å²) in [6.07, 6.45) is -0.299. The third kappa shape index (κ3) is 5.65. The summed E-state index contributed by atoms with van der Waals surface area (Å²) in [6.45, 7) is -0.233. The molecule has 0 aromatic heterocycles. The molecule has 0 bridgehead atoms. The van der Waals surface area contributed by atoms with Crippen molar-refractivity contribution in [2.45, 2.75) is 12.5 Å². The minimum Gasteiger partial charge on any atom is -0.479 e. The van der Waals surface area contributed by atoms with Crippen LogP contribution in [0, 0.1) is 0 Å². The molecule has 0 aliphatic heterocycles. The number of aliphatic carboxylic acids is 1. The molecule has 18 heavy (non-hydrogen) atoms. The van der Waals surface area contributed by atoms with Crippen molar-refractivity contribution in [3.63, 3.8) is 0 Å². The van der Waals surface area contributed by atoms with Crippen molar-refractivity contribution in [3.8, 4) is 5.75 Å². The number of carboxylic acid groups (broad SMARTS) is 1. The van der Waals surface area contributed by atoms with E-state index in [2.05, 4.69) is 4.18 Å². The van der Waals surface area contributed by atoms with E-state index in [4.69, 9.17) is 9.84 Å². The average molecular weight is 274 g/mol. The van der Waals surface area contributed by atoms with E-state index in [1.807, 2.05) is 0 Å². The SMILES string of the molecule is CS(=O)(=O)OCCC(Oc1ccccc1)C(=O)O. The second kappa shape index (κ2) is 6.36. The summed E-state index contributed by atoms with van der Waals surface area (Å²) in [6, 6.07) is 8.43. The van der Waals surface area contributed by atoms with Gasteiger partial charge in [-0.25, -0.2) is 4.79 Å². The Morgan fingerprint density at radius 1 is 1.33 bits per heavy atom. The van der Waals surface area contributed by atoms with Crippen molar-refractivity contribution in [3.05, 3.63) is 30.3 Å². The van der Waals surface area contributed by atoms with Crippen molar-refractivity contribution in [1.82, 2.24) is 0 Å². The molecule has 0 radical (unpaired) electrons. The summed E-state index contributed by atoms with van der Waals surface area (Å²) in [5, 5.41) is 8.93. The highest BCUT2D eigenvalue weighted by Crippen LogP contribution is 2.13. The van der Waals surface area contributed by atoms with E-state index in [1.165, 1.54) is 0 Å². The summed E-state index contributed by atoms with van der Waals surface area (Å²) in [4.78, 5) is 10.9. The van der Waals surface area contributed by atoms with Crippen LogP contribution in [0.15, 0.2) is 30.3 Å². The van der Waals surface area contributed by atoms with Crippen LogP contribution in [0.4, 0.5) is 0 Å². The smallest absolute Gasteiger partial charge is 0.344 e. The number of hydrogen-bond acceptors (Lipinski definition) is 5. The quantitative estimate of drug-likeness (QED) is 0.742. The second-order valence-electron chi connectivity index (χ2n) is 3.57. The van der Waals surface area contributed by atoms with Crippen LogP contribution in [0.2, 0.25) is 0 Å². The first-order valence-corrected chi connectivity index (χ1v) is 6.99. The van der Waals surface area contributed by atoms with Gasteiger partial charge in [-0.05, 0) is 12.1 Å². The summed E-state index contributed by atoms with van der Waals surface area (Å²) in [7, 11) is -3.57. The lowest BCUT2D eigenvalue weighted by Gasteiger charge is -2.14. The van der Waals surface area contributed by atoms with Gasteiger partial charge in [-0.2, -0.15) is 8.42 Å². The summed E-state index contributed by atoms with van der Waals surface area (Å²) >= 11 is 0. The summed E-state index contributed by atoms with van der Waals surface area (Å²) in [5.41, 5.74) is 0. The standard InChI is InChI=1S/C11H14O6S/c1-18(14,15)16-8-7-10(11(12)13)17-9-5-3-2-4-6-9/h2-6,10H,7-8H2,1H3,(H,12,13). The molecule has 1 aromatic rings. The monoisotopic (exact) mass is 274 g/mol. The molecule has 0 saturated heterocycles. The predicted molar refractivity (Wildman–Crippen MR) is 63.9 cm³/mol. The number of ether oxygens (including phenoxy) is 1. The van der Waals surface area contributed by atoms with Crippen molar-refractivity contribution >= 4 is 16.1 Å². The van der Waals surface area contributed by atoms with Gasteiger partial charge in [0.25, 0.3) is 10.1 Å². The molecule has 0 aliphatic carbocycles. The maximum Gasteiger partial charge on any atom is 0.344 e.